The Balaban J connectivity index is 1.30. The van der Waals surface area contributed by atoms with Crippen molar-refractivity contribution in [3.63, 3.8) is 0 Å². The quantitative estimate of drug-likeness (QED) is 0.258. The standard InChI is InChI=1S/C26H26N6O3S/c1-17-10-18(2)29-26(28-17)36-16-24(33)30-21-7-4-6-19(11-21)15-35-23-9-5-8-22(12-23)31-25(34)20-13-27-32(3)14-20/h4-14H,15-16H2,1-3H3,(H,30,33)(H,31,34). The number of anilines is 2. The van der Waals surface area contributed by atoms with Crippen LogP contribution >= 0.6 is 11.8 Å². The number of ether oxygens (including phenoxy) is 1. The number of aromatic nitrogens is 4. The Hall–Kier alpha value is -4.18. The third-order valence-electron chi connectivity index (χ3n) is 4.97. The molecule has 0 saturated heterocycles. The molecule has 0 aliphatic heterocycles. The van der Waals surface area contributed by atoms with Gasteiger partial charge in [0.1, 0.15) is 12.4 Å². The largest absolute Gasteiger partial charge is 0.489 e. The van der Waals surface area contributed by atoms with Crippen molar-refractivity contribution in [2.75, 3.05) is 16.4 Å². The lowest BCUT2D eigenvalue weighted by atomic mass is 10.2. The second-order valence-electron chi connectivity index (χ2n) is 8.14. The van der Waals surface area contributed by atoms with Gasteiger partial charge in [-0.1, -0.05) is 30.0 Å². The number of thioether (sulfide) groups is 1. The lowest BCUT2D eigenvalue weighted by Crippen LogP contribution is -2.14. The Morgan fingerprint density at radius 3 is 2.42 bits per heavy atom. The lowest BCUT2D eigenvalue weighted by Gasteiger charge is -2.10. The average Bonchev–Trinajstić information content (AvgIpc) is 3.28. The average molecular weight is 503 g/mol. The minimum absolute atomic E-state index is 0.141. The monoisotopic (exact) mass is 502 g/mol. The topological polar surface area (TPSA) is 111 Å². The zero-order valence-electron chi connectivity index (χ0n) is 20.2. The van der Waals surface area contributed by atoms with Crippen molar-refractivity contribution < 1.29 is 14.3 Å². The highest BCUT2D eigenvalue weighted by atomic mass is 32.2. The molecule has 0 aliphatic rings. The summed E-state index contributed by atoms with van der Waals surface area (Å²) in [6.07, 6.45) is 3.16. The molecule has 0 radical (unpaired) electrons. The lowest BCUT2D eigenvalue weighted by molar-refractivity contribution is -0.113. The number of hydrogen-bond donors (Lipinski definition) is 2. The van der Waals surface area contributed by atoms with Crippen molar-refractivity contribution >= 4 is 35.0 Å². The molecule has 10 heteroatoms. The van der Waals surface area contributed by atoms with Gasteiger partial charge in [0.2, 0.25) is 5.91 Å². The Morgan fingerprint density at radius 2 is 1.69 bits per heavy atom. The van der Waals surface area contributed by atoms with Crippen LogP contribution in [0.2, 0.25) is 0 Å². The normalized spacial score (nSPS) is 10.6. The van der Waals surface area contributed by atoms with Crippen molar-refractivity contribution in [1.29, 1.82) is 0 Å². The molecule has 0 bridgehead atoms. The van der Waals surface area contributed by atoms with Crippen LogP contribution in [-0.2, 0) is 18.4 Å². The van der Waals surface area contributed by atoms with Crippen molar-refractivity contribution in [1.82, 2.24) is 19.7 Å². The molecular formula is C26H26N6O3S. The van der Waals surface area contributed by atoms with E-state index in [1.165, 1.54) is 18.0 Å². The molecule has 2 heterocycles. The smallest absolute Gasteiger partial charge is 0.258 e. The van der Waals surface area contributed by atoms with Gasteiger partial charge in [0.15, 0.2) is 5.16 Å². The van der Waals surface area contributed by atoms with E-state index in [9.17, 15) is 9.59 Å². The number of nitrogens with one attached hydrogen (secondary N) is 2. The first-order valence-corrected chi connectivity index (χ1v) is 12.2. The number of carbonyl (C=O) groups is 2. The molecule has 36 heavy (non-hydrogen) atoms. The summed E-state index contributed by atoms with van der Waals surface area (Å²) in [5, 5.41) is 10.3. The third-order valence-corrected chi connectivity index (χ3v) is 5.82. The minimum Gasteiger partial charge on any atom is -0.489 e. The van der Waals surface area contributed by atoms with Gasteiger partial charge < -0.3 is 15.4 Å². The summed E-state index contributed by atoms with van der Waals surface area (Å²) >= 11 is 1.30. The maximum absolute atomic E-state index is 12.4. The van der Waals surface area contributed by atoms with Gasteiger partial charge in [-0.25, -0.2) is 9.97 Å². The van der Waals surface area contributed by atoms with Gasteiger partial charge in [-0.15, -0.1) is 0 Å². The summed E-state index contributed by atoms with van der Waals surface area (Å²) in [4.78, 5) is 33.5. The zero-order valence-corrected chi connectivity index (χ0v) is 21.0. The first-order chi connectivity index (χ1) is 17.3. The maximum atomic E-state index is 12.4. The van der Waals surface area contributed by atoms with E-state index in [4.69, 9.17) is 4.74 Å². The summed E-state index contributed by atoms with van der Waals surface area (Å²) in [6.45, 7) is 4.11. The number of benzene rings is 2. The Bertz CT molecular complexity index is 1370. The highest BCUT2D eigenvalue weighted by Crippen LogP contribution is 2.21. The van der Waals surface area contributed by atoms with Gasteiger partial charge in [-0.05, 0) is 49.7 Å². The van der Waals surface area contributed by atoms with Crippen LogP contribution in [0.25, 0.3) is 0 Å². The molecule has 0 fully saturated rings. The van der Waals surface area contributed by atoms with E-state index in [2.05, 4.69) is 25.7 Å². The molecule has 4 rings (SSSR count). The predicted molar refractivity (Wildman–Crippen MR) is 139 cm³/mol. The minimum atomic E-state index is -0.244. The fraction of sp³-hybridized carbons (Fsp3) is 0.192. The van der Waals surface area contributed by atoms with Crippen LogP contribution in [0, 0.1) is 13.8 Å². The first kappa shape index (κ1) is 24.9. The van der Waals surface area contributed by atoms with Crippen LogP contribution in [0.1, 0.15) is 27.3 Å². The fourth-order valence-corrected chi connectivity index (χ4v) is 4.15. The molecule has 0 atom stereocenters. The maximum Gasteiger partial charge on any atom is 0.258 e. The third kappa shape index (κ3) is 7.16. The Labute approximate surface area is 213 Å². The molecule has 184 valence electrons. The van der Waals surface area contributed by atoms with Gasteiger partial charge in [0.25, 0.3) is 5.91 Å². The van der Waals surface area contributed by atoms with Gasteiger partial charge in [0, 0.05) is 42.1 Å². The van der Waals surface area contributed by atoms with Crippen LogP contribution in [-0.4, -0.2) is 37.3 Å². The molecule has 0 aliphatic carbocycles. The molecule has 2 N–H and O–H groups in total. The van der Waals surface area contributed by atoms with Crippen LogP contribution in [0.5, 0.6) is 5.75 Å². The number of carbonyl (C=O) groups excluding carboxylic acids is 2. The van der Waals surface area contributed by atoms with Gasteiger partial charge >= 0.3 is 0 Å². The van der Waals surface area contributed by atoms with Crippen molar-refractivity contribution in [2.24, 2.45) is 7.05 Å². The molecule has 4 aromatic rings. The predicted octanol–water partition coefficient (Wildman–Crippen LogP) is 4.39. The molecule has 2 amide bonds. The zero-order chi connectivity index (χ0) is 25.5. The summed E-state index contributed by atoms with van der Waals surface area (Å²) in [7, 11) is 1.76. The summed E-state index contributed by atoms with van der Waals surface area (Å²) in [5.74, 6) is 0.434. The molecule has 0 spiro atoms. The summed E-state index contributed by atoms with van der Waals surface area (Å²) in [5.41, 5.74) is 4.41. The molecular weight excluding hydrogens is 476 g/mol. The van der Waals surface area contributed by atoms with Gasteiger partial charge in [-0.2, -0.15) is 5.10 Å². The SMILES string of the molecule is Cc1cc(C)nc(SCC(=O)Nc2cccc(COc3cccc(NC(=O)c4cnn(C)c4)c3)c2)n1. The van der Waals surface area contributed by atoms with Crippen LogP contribution < -0.4 is 15.4 Å². The van der Waals surface area contributed by atoms with Crippen LogP contribution in [0.3, 0.4) is 0 Å². The molecule has 2 aromatic heterocycles. The molecule has 9 nitrogen and oxygen atoms in total. The van der Waals surface area contributed by atoms with E-state index in [0.717, 1.165) is 17.0 Å². The first-order valence-electron chi connectivity index (χ1n) is 11.2. The van der Waals surface area contributed by atoms with Crippen molar-refractivity contribution in [3.05, 3.63) is 89.5 Å². The summed E-state index contributed by atoms with van der Waals surface area (Å²) in [6, 6.07) is 16.5. The highest BCUT2D eigenvalue weighted by molar-refractivity contribution is 7.99. The highest BCUT2D eigenvalue weighted by Gasteiger charge is 2.10. The van der Waals surface area contributed by atoms with Crippen molar-refractivity contribution in [3.8, 4) is 5.75 Å². The Kier molecular flexibility index (Phi) is 7.96. The second kappa shape index (κ2) is 11.5. The van der Waals surface area contributed by atoms with E-state index in [-0.39, 0.29) is 17.6 Å². The fourth-order valence-electron chi connectivity index (χ4n) is 3.40. The van der Waals surface area contributed by atoms with E-state index >= 15 is 0 Å². The molecule has 2 aromatic carbocycles. The van der Waals surface area contributed by atoms with Gasteiger partial charge in [-0.3, -0.25) is 14.3 Å². The molecule has 0 unspecified atom stereocenters. The van der Waals surface area contributed by atoms with Crippen molar-refractivity contribution in [2.45, 2.75) is 25.6 Å². The van der Waals surface area contributed by atoms with Gasteiger partial charge in [0.05, 0.1) is 17.5 Å². The van der Waals surface area contributed by atoms with E-state index in [1.54, 1.807) is 30.1 Å². The summed E-state index contributed by atoms with van der Waals surface area (Å²) < 4.78 is 7.48. The van der Waals surface area contributed by atoms with E-state index in [0.29, 0.717) is 34.5 Å². The number of hydrogen-bond acceptors (Lipinski definition) is 7. The molecule has 0 saturated carbocycles. The number of rotatable bonds is 9. The number of nitrogens with zero attached hydrogens (tertiary/aromatic N) is 4. The van der Waals surface area contributed by atoms with E-state index < -0.39 is 0 Å². The number of amides is 2. The second-order valence-corrected chi connectivity index (χ2v) is 9.09. The van der Waals surface area contributed by atoms with Crippen LogP contribution in [0.15, 0.2) is 72.1 Å². The number of aryl methyl sites for hydroxylation is 3. The van der Waals surface area contributed by atoms with Crippen LogP contribution in [0.4, 0.5) is 11.4 Å². The Morgan fingerprint density at radius 1 is 0.972 bits per heavy atom. The van der Waals surface area contributed by atoms with E-state index in [1.807, 2.05) is 56.3 Å².